The minimum atomic E-state index is -5.08. The molecule has 0 bridgehead atoms. The monoisotopic (exact) mass is 776 g/mol. The van der Waals surface area contributed by atoms with Gasteiger partial charge in [0.1, 0.15) is 34.7 Å². The number of esters is 1. The van der Waals surface area contributed by atoms with E-state index in [2.05, 4.69) is 17.6 Å². The number of aromatic carboxylic acids is 1. The van der Waals surface area contributed by atoms with Crippen LogP contribution in [0.15, 0.2) is 54.6 Å². The number of ether oxygens (including phenoxy) is 2. The molecule has 7 N–H and O–H groups in total. The van der Waals surface area contributed by atoms with E-state index in [0.717, 1.165) is 50.3 Å². The van der Waals surface area contributed by atoms with Crippen molar-refractivity contribution in [1.29, 1.82) is 0 Å². The number of carbonyl (C=O) groups excluding carboxylic acids is 3. The van der Waals surface area contributed by atoms with Crippen molar-refractivity contribution < 1.29 is 72.2 Å². The van der Waals surface area contributed by atoms with E-state index in [9.17, 15) is 52.8 Å². The zero-order valence-electron chi connectivity index (χ0n) is 29.9. The number of ketones is 1. The summed E-state index contributed by atoms with van der Waals surface area (Å²) in [6, 6.07) is 11.2. The summed E-state index contributed by atoms with van der Waals surface area (Å²) in [4.78, 5) is 60.6. The molecule has 17 heteroatoms. The first-order valence-electron chi connectivity index (χ1n) is 17.5. The summed E-state index contributed by atoms with van der Waals surface area (Å²) in [6.45, 7) is 2.81. The zero-order chi connectivity index (χ0) is 40.7. The van der Waals surface area contributed by atoms with Crippen molar-refractivity contribution in [1.82, 2.24) is 10.6 Å². The van der Waals surface area contributed by atoms with E-state index in [1.54, 1.807) is 12.1 Å². The number of unbranched alkanes of at least 4 members (excludes halogenated alkanes) is 7. The maximum atomic E-state index is 13.7. The second kappa shape index (κ2) is 20.6. The van der Waals surface area contributed by atoms with Gasteiger partial charge in [-0.25, -0.2) is 14.4 Å². The molecule has 1 saturated heterocycles. The number of hydrogen-bond acceptors (Lipinski definition) is 11. The zero-order valence-corrected chi connectivity index (χ0v) is 29.9. The van der Waals surface area contributed by atoms with Crippen LogP contribution in [-0.4, -0.2) is 93.1 Å². The summed E-state index contributed by atoms with van der Waals surface area (Å²) in [7, 11) is 0. The molecule has 298 valence electrons. The molecule has 0 saturated carbocycles. The van der Waals surface area contributed by atoms with Crippen molar-refractivity contribution in [2.45, 2.75) is 76.6 Å². The van der Waals surface area contributed by atoms with Crippen molar-refractivity contribution in [3.63, 3.8) is 0 Å². The Balaban J connectivity index is 0.00000106. The lowest BCUT2D eigenvalue weighted by Crippen LogP contribution is -2.44. The molecule has 1 amide bonds. The van der Waals surface area contributed by atoms with Gasteiger partial charge in [0.2, 0.25) is 5.78 Å². The number of para-hydroxylation sites is 1. The van der Waals surface area contributed by atoms with Crippen LogP contribution in [0.25, 0.3) is 0 Å². The largest absolute Gasteiger partial charge is 0.507 e. The molecular formula is C38H43F3N2O12. The van der Waals surface area contributed by atoms with Gasteiger partial charge in [-0.3, -0.25) is 9.59 Å². The molecule has 3 aromatic carbocycles. The topological polar surface area (TPSA) is 229 Å². The molecule has 0 radical (unpaired) electrons. The van der Waals surface area contributed by atoms with E-state index in [4.69, 9.17) is 19.4 Å². The average molecular weight is 777 g/mol. The Morgan fingerprint density at radius 1 is 0.782 bits per heavy atom. The third kappa shape index (κ3) is 12.6. The predicted octanol–water partition coefficient (Wildman–Crippen LogP) is 5.81. The number of aromatic hydroxyl groups is 3. The molecule has 0 unspecified atom stereocenters. The quantitative estimate of drug-likeness (QED) is 0.0488. The standard InChI is InChI=1S/C36H42N2O10.C2HF3O2/c1-2-3-4-5-6-7-8-11-17-47-29-19-22(18-28(41)32(29)33(42)31-24(35(44)45)14-12-16-27(31)40)36(46)48-30-21-37-20-25(30)38-34(43)23-13-9-10-15-26(23)39;3-2(4,5)1(6)7/h9-10,12-16,18-19,25,30,37,39-41H,2-8,11,17,20-21H2,1H3,(H,38,43)(H,44,45);(H,6,7)/t25-,30-;/m0./s1. The number of carbonyl (C=O) groups is 5. The molecule has 1 heterocycles. The lowest BCUT2D eigenvalue weighted by atomic mass is 9.95. The van der Waals surface area contributed by atoms with Crippen LogP contribution in [0.3, 0.4) is 0 Å². The van der Waals surface area contributed by atoms with Gasteiger partial charge >= 0.3 is 24.1 Å². The van der Waals surface area contributed by atoms with Crippen LogP contribution in [0.4, 0.5) is 13.2 Å². The molecule has 1 aliphatic heterocycles. The minimum absolute atomic E-state index is 0.0634. The van der Waals surface area contributed by atoms with Crippen LogP contribution in [0.2, 0.25) is 0 Å². The summed E-state index contributed by atoms with van der Waals surface area (Å²) in [5, 5.41) is 54.2. The van der Waals surface area contributed by atoms with Gasteiger partial charge < -0.3 is 45.6 Å². The predicted molar refractivity (Wildman–Crippen MR) is 190 cm³/mol. The second-order valence-corrected chi connectivity index (χ2v) is 12.5. The van der Waals surface area contributed by atoms with Crippen LogP contribution in [0.5, 0.6) is 23.0 Å². The Hall–Kier alpha value is -5.84. The van der Waals surface area contributed by atoms with Gasteiger partial charge in [-0.05, 0) is 42.8 Å². The summed E-state index contributed by atoms with van der Waals surface area (Å²) >= 11 is 0. The van der Waals surface area contributed by atoms with E-state index in [0.29, 0.717) is 6.42 Å². The molecule has 55 heavy (non-hydrogen) atoms. The maximum absolute atomic E-state index is 13.7. The van der Waals surface area contributed by atoms with Crippen molar-refractivity contribution in [2.24, 2.45) is 0 Å². The van der Waals surface area contributed by atoms with Gasteiger partial charge in [-0.2, -0.15) is 13.2 Å². The fraction of sp³-hybridized carbons (Fsp3) is 0.395. The second-order valence-electron chi connectivity index (χ2n) is 12.5. The fourth-order valence-electron chi connectivity index (χ4n) is 5.60. The molecule has 4 rings (SSSR count). The number of benzene rings is 3. The highest BCUT2D eigenvalue weighted by Gasteiger charge is 2.38. The van der Waals surface area contributed by atoms with Gasteiger partial charge in [0, 0.05) is 13.1 Å². The number of halogens is 3. The Kier molecular flexibility index (Phi) is 16.3. The maximum Gasteiger partial charge on any atom is 0.490 e. The molecular weight excluding hydrogens is 733 g/mol. The van der Waals surface area contributed by atoms with E-state index >= 15 is 0 Å². The number of hydrogen-bond donors (Lipinski definition) is 7. The number of phenolic OH excluding ortho intramolecular Hbond substituents is 3. The molecule has 0 aromatic heterocycles. The van der Waals surface area contributed by atoms with Gasteiger partial charge in [0.15, 0.2) is 0 Å². The van der Waals surface area contributed by atoms with Gasteiger partial charge in [-0.15, -0.1) is 0 Å². The van der Waals surface area contributed by atoms with Crippen molar-refractivity contribution in [3.8, 4) is 23.0 Å². The van der Waals surface area contributed by atoms with Crippen molar-refractivity contribution >= 4 is 29.6 Å². The normalized spacial score (nSPS) is 15.0. The lowest BCUT2D eigenvalue weighted by Gasteiger charge is -2.21. The molecule has 1 fully saturated rings. The molecule has 1 aliphatic rings. The number of amides is 1. The summed E-state index contributed by atoms with van der Waals surface area (Å²) in [6.07, 6.45) is 2.37. The van der Waals surface area contributed by atoms with Gasteiger partial charge in [0.05, 0.1) is 34.9 Å². The smallest absolute Gasteiger partial charge is 0.490 e. The molecule has 0 aliphatic carbocycles. The first-order chi connectivity index (χ1) is 26.1. The molecule has 14 nitrogen and oxygen atoms in total. The van der Waals surface area contributed by atoms with Crippen LogP contribution in [0.1, 0.15) is 105 Å². The number of aliphatic carboxylic acids is 1. The van der Waals surface area contributed by atoms with E-state index in [1.807, 2.05) is 0 Å². The first-order valence-corrected chi connectivity index (χ1v) is 17.5. The van der Waals surface area contributed by atoms with E-state index in [1.165, 1.54) is 37.1 Å². The van der Waals surface area contributed by atoms with E-state index in [-0.39, 0.29) is 42.3 Å². The minimum Gasteiger partial charge on any atom is -0.507 e. The number of alkyl halides is 3. The summed E-state index contributed by atoms with van der Waals surface area (Å²) in [5.74, 6) is -8.27. The summed E-state index contributed by atoms with van der Waals surface area (Å²) < 4.78 is 43.4. The Morgan fingerprint density at radius 2 is 1.38 bits per heavy atom. The molecule has 3 aromatic rings. The van der Waals surface area contributed by atoms with Crippen molar-refractivity contribution in [3.05, 3.63) is 82.4 Å². The third-order valence-electron chi connectivity index (χ3n) is 8.42. The molecule has 2 atom stereocenters. The highest BCUT2D eigenvalue weighted by atomic mass is 19.4. The molecule has 0 spiro atoms. The fourth-order valence-corrected chi connectivity index (χ4v) is 5.60. The lowest BCUT2D eigenvalue weighted by molar-refractivity contribution is -0.192. The number of phenols is 3. The van der Waals surface area contributed by atoms with Crippen LogP contribution in [-0.2, 0) is 9.53 Å². The number of nitrogens with one attached hydrogen (secondary N) is 2. The SMILES string of the molecule is CCCCCCCCCCOc1cc(C(=O)O[C@H]2CNC[C@@H]2NC(=O)c2ccccc2O)cc(O)c1C(=O)c1c(O)cccc1C(=O)O.O=C(O)C(F)(F)F. The van der Waals surface area contributed by atoms with Crippen molar-refractivity contribution in [2.75, 3.05) is 19.7 Å². The van der Waals surface area contributed by atoms with Gasteiger partial charge in [-0.1, -0.05) is 70.1 Å². The third-order valence-corrected chi connectivity index (χ3v) is 8.42. The van der Waals surface area contributed by atoms with Crippen LogP contribution in [0, 0.1) is 0 Å². The summed E-state index contributed by atoms with van der Waals surface area (Å²) in [5.41, 5.74) is -1.50. The van der Waals surface area contributed by atoms with E-state index < -0.39 is 76.1 Å². The Morgan fingerprint density at radius 3 is 2.00 bits per heavy atom. The first kappa shape index (κ1) is 43.6. The Labute approximate surface area is 313 Å². The number of rotatable bonds is 17. The highest BCUT2D eigenvalue weighted by molar-refractivity contribution is 6.18. The van der Waals surface area contributed by atoms with Crippen LogP contribution >= 0.6 is 0 Å². The number of carboxylic acids is 2. The highest BCUT2D eigenvalue weighted by Crippen LogP contribution is 2.36. The van der Waals surface area contributed by atoms with Crippen LogP contribution < -0.4 is 15.4 Å². The average Bonchev–Trinajstić information content (AvgIpc) is 3.56. The number of carboxylic acid groups (broad SMARTS) is 2. The van der Waals surface area contributed by atoms with Gasteiger partial charge in [0.25, 0.3) is 5.91 Å². The Bertz CT molecular complexity index is 1830.